The number of hydrogen-bond acceptors (Lipinski definition) is 2. The van der Waals surface area contributed by atoms with E-state index in [9.17, 15) is 5.11 Å². The smallest absolute Gasteiger partial charge is 0.114 e. The molecule has 90 valence electrons. The van der Waals surface area contributed by atoms with Crippen LogP contribution in [0.4, 0.5) is 0 Å². The quantitative estimate of drug-likeness (QED) is 0.572. The van der Waals surface area contributed by atoms with Gasteiger partial charge in [0.2, 0.25) is 0 Å². The number of aryl methyl sites for hydroxylation is 1. The van der Waals surface area contributed by atoms with Crippen LogP contribution in [0, 0.1) is 10.5 Å². The van der Waals surface area contributed by atoms with E-state index < -0.39 is 6.10 Å². The summed E-state index contributed by atoms with van der Waals surface area (Å²) in [6.07, 6.45) is -0.561. The molecule has 0 fully saturated rings. The van der Waals surface area contributed by atoms with Crippen LogP contribution < -0.4 is 0 Å². The molecule has 2 rings (SSSR count). The van der Waals surface area contributed by atoms with Gasteiger partial charge in [-0.25, -0.2) is 0 Å². The third kappa shape index (κ3) is 3.12. The molecular weight excluding hydrogens is 479 g/mol. The molecule has 0 aliphatic rings. The van der Waals surface area contributed by atoms with Crippen molar-refractivity contribution in [2.75, 3.05) is 0 Å². The predicted molar refractivity (Wildman–Crippen MR) is 87.7 cm³/mol. The lowest BCUT2D eigenvalue weighted by atomic mass is 10.1. The second-order valence-corrected chi connectivity index (χ2v) is 7.84. The molecule has 0 saturated carbocycles. The largest absolute Gasteiger partial charge is 0.383 e. The Balaban J connectivity index is 2.42. The van der Waals surface area contributed by atoms with Crippen LogP contribution in [0.1, 0.15) is 21.4 Å². The monoisotopic (exact) mass is 486 g/mol. The second-order valence-electron chi connectivity index (χ2n) is 3.62. The number of rotatable bonds is 2. The standard InChI is InChI=1S/C12H9Br2IOS/c1-6-9(14)5-11(17-6)12(16)8-4-7(13)2-3-10(8)15/h2-5,12,16H,1H3. The highest BCUT2D eigenvalue weighted by Gasteiger charge is 2.17. The molecule has 17 heavy (non-hydrogen) atoms. The molecule has 0 aliphatic carbocycles. The molecule has 1 atom stereocenters. The van der Waals surface area contributed by atoms with Gasteiger partial charge in [0.15, 0.2) is 0 Å². The van der Waals surface area contributed by atoms with Crippen LogP contribution >= 0.6 is 65.8 Å². The highest BCUT2D eigenvalue weighted by atomic mass is 127. The Morgan fingerprint density at radius 2 is 2.00 bits per heavy atom. The molecule has 5 heteroatoms. The Kier molecular flexibility index (Phi) is 4.68. The predicted octanol–water partition coefficient (Wildman–Crippen LogP) is 5.27. The number of aliphatic hydroxyl groups is 1. The van der Waals surface area contributed by atoms with Crippen molar-refractivity contribution in [2.24, 2.45) is 0 Å². The maximum Gasteiger partial charge on any atom is 0.114 e. The summed E-state index contributed by atoms with van der Waals surface area (Å²) in [4.78, 5) is 2.15. The van der Waals surface area contributed by atoms with Gasteiger partial charge in [-0.1, -0.05) is 15.9 Å². The summed E-state index contributed by atoms with van der Waals surface area (Å²) in [5.41, 5.74) is 0.939. The molecule has 1 heterocycles. The van der Waals surface area contributed by atoms with Gasteiger partial charge >= 0.3 is 0 Å². The third-order valence-electron chi connectivity index (χ3n) is 2.40. The van der Waals surface area contributed by atoms with Crippen molar-refractivity contribution in [1.82, 2.24) is 0 Å². The minimum Gasteiger partial charge on any atom is -0.383 e. The Morgan fingerprint density at radius 3 is 2.59 bits per heavy atom. The zero-order chi connectivity index (χ0) is 12.6. The van der Waals surface area contributed by atoms with Crippen molar-refractivity contribution >= 4 is 65.8 Å². The summed E-state index contributed by atoms with van der Waals surface area (Å²) in [6.45, 7) is 2.04. The van der Waals surface area contributed by atoms with E-state index in [1.54, 1.807) is 11.3 Å². The Bertz CT molecular complexity index is 534. The van der Waals surface area contributed by atoms with E-state index in [0.717, 1.165) is 23.0 Å². The molecule has 1 aromatic carbocycles. The van der Waals surface area contributed by atoms with Gasteiger partial charge in [-0.3, -0.25) is 0 Å². The highest BCUT2D eigenvalue weighted by molar-refractivity contribution is 14.1. The van der Waals surface area contributed by atoms with Gasteiger partial charge in [0.05, 0.1) is 0 Å². The molecular formula is C12H9Br2IOS. The van der Waals surface area contributed by atoms with Crippen molar-refractivity contribution in [3.8, 4) is 0 Å². The summed E-state index contributed by atoms with van der Waals surface area (Å²) < 4.78 is 3.11. The minimum atomic E-state index is -0.561. The molecule has 1 aromatic heterocycles. The highest BCUT2D eigenvalue weighted by Crippen LogP contribution is 2.35. The Labute approximate surface area is 135 Å². The van der Waals surface area contributed by atoms with Gasteiger partial charge in [-0.05, 0) is 69.7 Å². The Hall–Kier alpha value is 0.570. The van der Waals surface area contributed by atoms with Crippen LogP contribution in [0.25, 0.3) is 0 Å². The van der Waals surface area contributed by atoms with Crippen molar-refractivity contribution in [2.45, 2.75) is 13.0 Å². The summed E-state index contributed by atoms with van der Waals surface area (Å²) in [5.74, 6) is 0. The first-order valence-electron chi connectivity index (χ1n) is 4.88. The summed E-state index contributed by atoms with van der Waals surface area (Å²) in [5, 5.41) is 10.4. The van der Waals surface area contributed by atoms with E-state index in [1.165, 1.54) is 4.88 Å². The normalized spacial score (nSPS) is 12.8. The average molecular weight is 488 g/mol. The molecule has 1 nitrogen and oxygen atoms in total. The summed E-state index contributed by atoms with van der Waals surface area (Å²) >= 11 is 10.8. The number of hydrogen-bond donors (Lipinski definition) is 1. The lowest BCUT2D eigenvalue weighted by Gasteiger charge is -2.11. The topological polar surface area (TPSA) is 20.2 Å². The van der Waals surface area contributed by atoms with Crippen LogP contribution in [0.3, 0.4) is 0 Å². The number of benzene rings is 1. The molecule has 1 unspecified atom stereocenters. The van der Waals surface area contributed by atoms with Crippen LogP contribution in [-0.2, 0) is 0 Å². The van der Waals surface area contributed by atoms with Crippen LogP contribution in [-0.4, -0.2) is 5.11 Å². The fourth-order valence-electron chi connectivity index (χ4n) is 1.49. The number of halogens is 3. The molecule has 0 spiro atoms. The lowest BCUT2D eigenvalue weighted by Crippen LogP contribution is -1.99. The summed E-state index contributed by atoms with van der Waals surface area (Å²) in [7, 11) is 0. The SMILES string of the molecule is Cc1sc(C(O)c2cc(Br)ccc2I)cc1Br. The maximum atomic E-state index is 10.4. The maximum absolute atomic E-state index is 10.4. The average Bonchev–Trinajstić information content (AvgIpc) is 2.62. The van der Waals surface area contributed by atoms with Crippen LogP contribution in [0.15, 0.2) is 33.2 Å². The van der Waals surface area contributed by atoms with E-state index in [4.69, 9.17) is 0 Å². The first-order valence-corrected chi connectivity index (χ1v) is 8.36. The summed E-state index contributed by atoms with van der Waals surface area (Å²) in [6, 6.07) is 7.93. The van der Waals surface area contributed by atoms with E-state index in [0.29, 0.717) is 0 Å². The van der Waals surface area contributed by atoms with E-state index in [-0.39, 0.29) is 0 Å². The molecule has 2 aromatic rings. The van der Waals surface area contributed by atoms with Crippen molar-refractivity contribution < 1.29 is 5.11 Å². The molecule has 0 radical (unpaired) electrons. The van der Waals surface area contributed by atoms with Gasteiger partial charge in [0.1, 0.15) is 6.10 Å². The van der Waals surface area contributed by atoms with E-state index in [1.807, 2.05) is 31.2 Å². The molecule has 0 bridgehead atoms. The molecule has 0 aliphatic heterocycles. The number of aliphatic hydroxyl groups excluding tert-OH is 1. The van der Waals surface area contributed by atoms with Crippen LogP contribution in [0.5, 0.6) is 0 Å². The Morgan fingerprint density at radius 1 is 1.29 bits per heavy atom. The third-order valence-corrected chi connectivity index (χ3v) is 6.06. The fourth-order valence-corrected chi connectivity index (χ4v) is 4.07. The first-order chi connectivity index (χ1) is 7.99. The van der Waals surface area contributed by atoms with Crippen molar-refractivity contribution in [1.29, 1.82) is 0 Å². The van der Waals surface area contributed by atoms with Crippen molar-refractivity contribution in [3.63, 3.8) is 0 Å². The fraction of sp³-hybridized carbons (Fsp3) is 0.167. The first kappa shape index (κ1) is 14.0. The molecule has 0 saturated heterocycles. The van der Waals surface area contributed by atoms with Gasteiger partial charge in [-0.15, -0.1) is 11.3 Å². The molecule has 1 N–H and O–H groups in total. The van der Waals surface area contributed by atoms with Crippen molar-refractivity contribution in [3.05, 3.63) is 52.1 Å². The zero-order valence-corrected chi connectivity index (χ0v) is 15.0. The second kappa shape index (κ2) is 5.69. The van der Waals surface area contributed by atoms with Gasteiger partial charge in [0, 0.05) is 27.8 Å². The lowest BCUT2D eigenvalue weighted by molar-refractivity contribution is 0.223. The van der Waals surface area contributed by atoms with Gasteiger partial charge < -0.3 is 5.11 Å². The van der Waals surface area contributed by atoms with Gasteiger partial charge in [-0.2, -0.15) is 0 Å². The molecule has 0 amide bonds. The van der Waals surface area contributed by atoms with Gasteiger partial charge in [0.25, 0.3) is 0 Å². The zero-order valence-electron chi connectivity index (χ0n) is 8.88. The number of thiophene rings is 1. The minimum absolute atomic E-state index is 0.561. The van der Waals surface area contributed by atoms with Crippen LogP contribution in [0.2, 0.25) is 0 Å². The van der Waals surface area contributed by atoms with E-state index >= 15 is 0 Å². The van der Waals surface area contributed by atoms with E-state index in [2.05, 4.69) is 54.5 Å².